The number of hydrogen-bond donors (Lipinski definition) is 1. The van der Waals surface area contributed by atoms with Crippen molar-refractivity contribution >= 4 is 21.4 Å². The second-order valence-corrected chi connectivity index (χ2v) is 4.58. The van der Waals surface area contributed by atoms with Gasteiger partial charge in [0.05, 0.1) is 0 Å². The summed E-state index contributed by atoms with van der Waals surface area (Å²) in [6.07, 6.45) is 2.55. The van der Waals surface area contributed by atoms with E-state index in [0.29, 0.717) is 0 Å². The van der Waals surface area contributed by atoms with Crippen molar-refractivity contribution in [3.05, 3.63) is 47.6 Å². The van der Waals surface area contributed by atoms with Crippen molar-refractivity contribution < 1.29 is 4.39 Å². The molecule has 15 heavy (non-hydrogen) atoms. The first-order chi connectivity index (χ1) is 7.20. The molecule has 2 aromatic rings. The molecule has 1 atom stereocenters. The van der Waals surface area contributed by atoms with E-state index in [2.05, 4.69) is 6.58 Å². The highest BCUT2D eigenvalue weighted by molar-refractivity contribution is 7.19. The number of halogens is 1. The van der Waals surface area contributed by atoms with Gasteiger partial charge in [0.2, 0.25) is 0 Å². The molecule has 0 bridgehead atoms. The minimum atomic E-state index is -0.201. The molecule has 0 spiro atoms. The van der Waals surface area contributed by atoms with Crippen molar-refractivity contribution in [1.82, 2.24) is 0 Å². The molecule has 0 saturated heterocycles. The van der Waals surface area contributed by atoms with Gasteiger partial charge in [0.25, 0.3) is 0 Å². The highest BCUT2D eigenvalue weighted by Crippen LogP contribution is 2.30. The maximum absolute atomic E-state index is 13.0. The van der Waals surface area contributed by atoms with Gasteiger partial charge < -0.3 is 5.73 Å². The summed E-state index contributed by atoms with van der Waals surface area (Å²) in [6, 6.07) is 6.80. The average Bonchev–Trinajstić information content (AvgIpc) is 2.60. The SMILES string of the molecule is C=CCC(N)c1cc2ccc(F)cc2s1. The summed E-state index contributed by atoms with van der Waals surface area (Å²) in [4.78, 5) is 1.08. The van der Waals surface area contributed by atoms with E-state index < -0.39 is 0 Å². The van der Waals surface area contributed by atoms with Crippen molar-refractivity contribution in [2.75, 3.05) is 0 Å². The summed E-state index contributed by atoms with van der Waals surface area (Å²) in [5.41, 5.74) is 5.95. The Morgan fingerprint density at radius 1 is 1.47 bits per heavy atom. The van der Waals surface area contributed by atoms with Crippen LogP contribution >= 0.6 is 11.3 Å². The van der Waals surface area contributed by atoms with Crippen LogP contribution in [0.4, 0.5) is 4.39 Å². The van der Waals surface area contributed by atoms with E-state index in [1.807, 2.05) is 6.07 Å². The molecule has 1 heterocycles. The summed E-state index contributed by atoms with van der Waals surface area (Å²) in [7, 11) is 0. The van der Waals surface area contributed by atoms with Crippen LogP contribution in [0.15, 0.2) is 36.9 Å². The molecule has 1 aromatic carbocycles. The van der Waals surface area contributed by atoms with Crippen molar-refractivity contribution in [1.29, 1.82) is 0 Å². The molecule has 0 aliphatic carbocycles. The molecule has 2 N–H and O–H groups in total. The standard InChI is InChI=1S/C12H12FNS/c1-2-3-10(14)12-6-8-4-5-9(13)7-11(8)15-12/h2,4-7,10H,1,3,14H2. The van der Waals surface area contributed by atoms with Gasteiger partial charge in [-0.05, 0) is 30.0 Å². The van der Waals surface area contributed by atoms with Crippen molar-refractivity contribution in [2.24, 2.45) is 5.73 Å². The van der Waals surface area contributed by atoms with Crippen LogP contribution in [0.1, 0.15) is 17.3 Å². The summed E-state index contributed by atoms with van der Waals surface area (Å²) >= 11 is 1.55. The first-order valence-corrected chi connectivity index (χ1v) is 5.58. The number of hydrogen-bond acceptors (Lipinski definition) is 2. The maximum atomic E-state index is 13.0. The molecule has 2 rings (SSSR count). The third kappa shape index (κ3) is 2.08. The minimum Gasteiger partial charge on any atom is -0.323 e. The lowest BCUT2D eigenvalue weighted by atomic mass is 10.1. The maximum Gasteiger partial charge on any atom is 0.124 e. The summed E-state index contributed by atoms with van der Waals surface area (Å²) < 4.78 is 13.9. The zero-order valence-electron chi connectivity index (χ0n) is 8.24. The topological polar surface area (TPSA) is 26.0 Å². The van der Waals surface area contributed by atoms with Gasteiger partial charge in [-0.15, -0.1) is 17.9 Å². The molecule has 1 unspecified atom stereocenters. The molecule has 0 radical (unpaired) electrons. The summed E-state index contributed by atoms with van der Waals surface area (Å²) in [6.45, 7) is 3.66. The molecule has 0 aliphatic rings. The highest BCUT2D eigenvalue weighted by atomic mass is 32.1. The van der Waals surface area contributed by atoms with Crippen LogP contribution in [0, 0.1) is 5.82 Å². The smallest absolute Gasteiger partial charge is 0.124 e. The van der Waals surface area contributed by atoms with Crippen molar-refractivity contribution in [3.63, 3.8) is 0 Å². The van der Waals surface area contributed by atoms with Gasteiger partial charge in [-0.1, -0.05) is 12.1 Å². The molecule has 1 nitrogen and oxygen atoms in total. The quantitative estimate of drug-likeness (QED) is 0.787. The molecular weight excluding hydrogens is 209 g/mol. The summed E-state index contributed by atoms with van der Waals surface area (Å²) in [5, 5.41) is 1.05. The fraction of sp³-hybridized carbons (Fsp3) is 0.167. The van der Waals surface area contributed by atoms with Crippen LogP contribution < -0.4 is 5.73 Å². The molecule has 78 valence electrons. The molecule has 3 heteroatoms. The first-order valence-electron chi connectivity index (χ1n) is 4.76. The Morgan fingerprint density at radius 3 is 3.00 bits per heavy atom. The second-order valence-electron chi connectivity index (χ2n) is 3.46. The Morgan fingerprint density at radius 2 is 2.27 bits per heavy atom. The normalized spacial score (nSPS) is 12.9. The van der Waals surface area contributed by atoms with Gasteiger partial charge in [0.1, 0.15) is 5.82 Å². The second kappa shape index (κ2) is 4.13. The van der Waals surface area contributed by atoms with Crippen LogP contribution in [0.5, 0.6) is 0 Å². The predicted molar refractivity (Wildman–Crippen MR) is 63.5 cm³/mol. The van der Waals surface area contributed by atoms with Crippen LogP contribution in [-0.4, -0.2) is 0 Å². The molecule has 1 aromatic heterocycles. The van der Waals surface area contributed by atoms with Crippen molar-refractivity contribution in [3.8, 4) is 0 Å². The monoisotopic (exact) mass is 221 g/mol. The fourth-order valence-corrected chi connectivity index (χ4v) is 2.61. The zero-order valence-corrected chi connectivity index (χ0v) is 9.06. The Labute approximate surface area is 92.0 Å². The number of benzene rings is 1. The first kappa shape index (κ1) is 10.3. The third-order valence-electron chi connectivity index (χ3n) is 2.29. The van der Waals surface area contributed by atoms with E-state index in [4.69, 9.17) is 5.73 Å². The minimum absolute atomic E-state index is 0.0250. The van der Waals surface area contributed by atoms with E-state index in [1.165, 1.54) is 6.07 Å². The number of nitrogens with two attached hydrogens (primary N) is 1. The lowest BCUT2D eigenvalue weighted by molar-refractivity contribution is 0.630. The van der Waals surface area contributed by atoms with Crippen LogP contribution in [-0.2, 0) is 0 Å². The van der Waals surface area contributed by atoms with E-state index in [9.17, 15) is 4.39 Å². The van der Waals surface area contributed by atoms with E-state index in [0.717, 1.165) is 21.4 Å². The molecular formula is C12H12FNS. The largest absolute Gasteiger partial charge is 0.323 e. The Balaban J connectivity index is 2.42. The van der Waals surface area contributed by atoms with Crippen LogP contribution in [0.2, 0.25) is 0 Å². The number of thiophene rings is 1. The van der Waals surface area contributed by atoms with Gasteiger partial charge in [-0.3, -0.25) is 0 Å². The molecule has 0 saturated carbocycles. The van der Waals surface area contributed by atoms with E-state index >= 15 is 0 Å². The fourth-order valence-electron chi connectivity index (χ4n) is 1.50. The van der Waals surface area contributed by atoms with Crippen LogP contribution in [0.3, 0.4) is 0 Å². The van der Waals surface area contributed by atoms with E-state index in [1.54, 1.807) is 29.5 Å². The van der Waals surface area contributed by atoms with Gasteiger partial charge in [-0.2, -0.15) is 0 Å². The summed E-state index contributed by atoms with van der Waals surface area (Å²) in [5.74, 6) is -0.201. The van der Waals surface area contributed by atoms with Crippen molar-refractivity contribution in [2.45, 2.75) is 12.5 Å². The third-order valence-corrected chi connectivity index (χ3v) is 3.52. The lowest BCUT2D eigenvalue weighted by Gasteiger charge is -2.03. The molecule has 0 fully saturated rings. The van der Waals surface area contributed by atoms with E-state index in [-0.39, 0.29) is 11.9 Å². The average molecular weight is 221 g/mol. The Bertz CT molecular complexity index is 489. The van der Waals surface area contributed by atoms with Gasteiger partial charge >= 0.3 is 0 Å². The van der Waals surface area contributed by atoms with Crippen LogP contribution in [0.25, 0.3) is 10.1 Å². The zero-order chi connectivity index (χ0) is 10.8. The van der Waals surface area contributed by atoms with Gasteiger partial charge in [0.15, 0.2) is 0 Å². The Hall–Kier alpha value is -1.19. The number of fused-ring (bicyclic) bond motifs is 1. The highest BCUT2D eigenvalue weighted by Gasteiger charge is 2.08. The molecule has 0 aliphatic heterocycles. The Kier molecular flexibility index (Phi) is 2.84. The van der Waals surface area contributed by atoms with Gasteiger partial charge in [0, 0.05) is 15.6 Å². The number of rotatable bonds is 3. The molecule has 0 amide bonds. The predicted octanol–water partition coefficient (Wildman–Crippen LogP) is 3.62. The lowest BCUT2D eigenvalue weighted by Crippen LogP contribution is -2.06. The van der Waals surface area contributed by atoms with Gasteiger partial charge in [-0.25, -0.2) is 4.39 Å².